The third-order valence-electron chi connectivity index (χ3n) is 5.85. The molecule has 0 N–H and O–H groups in total. The van der Waals surface area contributed by atoms with Gasteiger partial charge in [-0.25, -0.2) is 4.79 Å². The minimum absolute atomic E-state index is 0.291. The van der Waals surface area contributed by atoms with Crippen molar-refractivity contribution in [3.05, 3.63) is 83.4 Å². The lowest BCUT2D eigenvalue weighted by Gasteiger charge is -2.26. The number of carbonyl (C=O) groups is 1. The van der Waals surface area contributed by atoms with E-state index in [1.807, 2.05) is 49.4 Å². The van der Waals surface area contributed by atoms with Crippen molar-refractivity contribution in [1.29, 1.82) is 0 Å². The Morgan fingerprint density at radius 1 is 0.970 bits per heavy atom. The predicted molar refractivity (Wildman–Crippen MR) is 132 cm³/mol. The summed E-state index contributed by atoms with van der Waals surface area (Å²) in [4.78, 5) is 14.7. The van der Waals surface area contributed by atoms with Crippen molar-refractivity contribution in [3.63, 3.8) is 0 Å². The lowest BCUT2D eigenvalue weighted by atomic mass is 9.99. The maximum atomic E-state index is 12.4. The summed E-state index contributed by atoms with van der Waals surface area (Å²) in [6.45, 7) is 3.95. The van der Waals surface area contributed by atoms with Crippen LogP contribution >= 0.6 is 0 Å². The Labute approximate surface area is 195 Å². The summed E-state index contributed by atoms with van der Waals surface area (Å²) in [6, 6.07) is 22.4. The van der Waals surface area contributed by atoms with Gasteiger partial charge in [0, 0.05) is 35.5 Å². The molecule has 0 aliphatic carbocycles. The van der Waals surface area contributed by atoms with E-state index in [9.17, 15) is 4.79 Å². The maximum absolute atomic E-state index is 12.4. The lowest BCUT2D eigenvalue weighted by Crippen LogP contribution is -2.24. The first-order valence-corrected chi connectivity index (χ1v) is 11.2. The Hall–Kier alpha value is -3.73. The average molecular weight is 444 g/mol. The molecule has 5 heteroatoms. The van der Waals surface area contributed by atoms with E-state index in [1.165, 1.54) is 7.11 Å². The third kappa shape index (κ3) is 4.87. The van der Waals surface area contributed by atoms with Crippen molar-refractivity contribution in [1.82, 2.24) is 0 Å². The molecule has 0 atom stereocenters. The van der Waals surface area contributed by atoms with Gasteiger partial charge in [-0.05, 0) is 54.8 Å². The van der Waals surface area contributed by atoms with Crippen LogP contribution in [0.3, 0.4) is 0 Å². The summed E-state index contributed by atoms with van der Waals surface area (Å²) < 4.78 is 16.5. The summed E-state index contributed by atoms with van der Waals surface area (Å²) in [5.74, 6) is 1.41. The maximum Gasteiger partial charge on any atom is 0.333 e. The van der Waals surface area contributed by atoms with Crippen molar-refractivity contribution >= 4 is 17.7 Å². The van der Waals surface area contributed by atoms with E-state index in [-0.39, 0.29) is 5.97 Å². The molecular weight excluding hydrogens is 414 g/mol. The molecule has 5 nitrogen and oxygen atoms in total. The van der Waals surface area contributed by atoms with Crippen LogP contribution < -0.4 is 14.4 Å². The van der Waals surface area contributed by atoms with Gasteiger partial charge in [0.15, 0.2) is 0 Å². The normalized spacial score (nSPS) is 12.9. The number of carbonyl (C=O) groups excluding carboxylic acids is 1. The van der Waals surface area contributed by atoms with Crippen LogP contribution in [0.15, 0.2) is 72.3 Å². The average Bonchev–Trinajstić information content (AvgIpc) is 3.03. The van der Waals surface area contributed by atoms with Gasteiger partial charge >= 0.3 is 5.97 Å². The standard InChI is InChI=1S/C28H29NO4/c1-4-33-27-12-8-6-10-24(27)20-13-14-25-23(17-20)18-21(28(30)32-3)15-16-29(25)19-22-9-5-7-11-26(22)31-2/h5-14,17-18H,4,15-16,19H2,1-3H3. The number of esters is 1. The van der Waals surface area contributed by atoms with Gasteiger partial charge in [0.1, 0.15) is 11.5 Å². The highest BCUT2D eigenvalue weighted by atomic mass is 16.5. The van der Waals surface area contributed by atoms with Gasteiger partial charge in [-0.3, -0.25) is 0 Å². The number of anilines is 1. The molecule has 170 valence electrons. The zero-order valence-corrected chi connectivity index (χ0v) is 19.3. The Morgan fingerprint density at radius 2 is 1.73 bits per heavy atom. The highest BCUT2D eigenvalue weighted by Crippen LogP contribution is 2.37. The molecule has 0 radical (unpaired) electrons. The Bertz CT molecular complexity index is 1170. The predicted octanol–water partition coefficient (Wildman–Crippen LogP) is 5.73. The zero-order chi connectivity index (χ0) is 23.2. The van der Waals surface area contributed by atoms with Crippen molar-refractivity contribution in [2.75, 3.05) is 32.3 Å². The monoisotopic (exact) mass is 443 g/mol. The number of nitrogens with zero attached hydrogens (tertiary/aromatic N) is 1. The molecule has 4 rings (SSSR count). The van der Waals surface area contributed by atoms with Gasteiger partial charge in [-0.1, -0.05) is 42.5 Å². The van der Waals surface area contributed by atoms with Crippen molar-refractivity contribution in [2.24, 2.45) is 0 Å². The first-order valence-electron chi connectivity index (χ1n) is 11.2. The molecule has 3 aromatic rings. The first-order chi connectivity index (χ1) is 16.1. The molecule has 0 unspecified atom stereocenters. The summed E-state index contributed by atoms with van der Waals surface area (Å²) in [5.41, 5.74) is 5.87. The fraction of sp³-hybridized carbons (Fsp3) is 0.250. The van der Waals surface area contributed by atoms with Gasteiger partial charge < -0.3 is 19.1 Å². The largest absolute Gasteiger partial charge is 0.496 e. The van der Waals surface area contributed by atoms with E-state index in [1.54, 1.807) is 7.11 Å². The molecule has 0 saturated heterocycles. The van der Waals surface area contributed by atoms with Gasteiger partial charge in [-0.2, -0.15) is 0 Å². The van der Waals surface area contributed by atoms with Gasteiger partial charge in [-0.15, -0.1) is 0 Å². The van der Waals surface area contributed by atoms with Crippen LogP contribution in [0.25, 0.3) is 17.2 Å². The van der Waals surface area contributed by atoms with E-state index in [0.29, 0.717) is 31.7 Å². The van der Waals surface area contributed by atoms with Gasteiger partial charge in [0.2, 0.25) is 0 Å². The molecule has 1 aliphatic rings. The Morgan fingerprint density at radius 3 is 2.48 bits per heavy atom. The van der Waals surface area contributed by atoms with E-state index in [4.69, 9.17) is 14.2 Å². The minimum atomic E-state index is -0.291. The van der Waals surface area contributed by atoms with Crippen molar-refractivity contribution in [2.45, 2.75) is 19.9 Å². The van der Waals surface area contributed by atoms with Crippen molar-refractivity contribution < 1.29 is 19.0 Å². The number of ether oxygens (including phenoxy) is 3. The number of methoxy groups -OCH3 is 2. The SMILES string of the molecule is CCOc1ccccc1-c1ccc2c(c1)C=C(C(=O)OC)CCN2Cc1ccccc1OC. The van der Waals surface area contributed by atoms with Crippen LogP contribution in [-0.4, -0.2) is 33.3 Å². The Kier molecular flexibility index (Phi) is 6.98. The van der Waals surface area contributed by atoms with Crippen LogP contribution in [0.5, 0.6) is 11.5 Å². The number of rotatable bonds is 7. The molecule has 0 aromatic heterocycles. The topological polar surface area (TPSA) is 48.0 Å². The first kappa shape index (κ1) is 22.5. The number of hydrogen-bond acceptors (Lipinski definition) is 5. The van der Waals surface area contributed by atoms with E-state index in [2.05, 4.69) is 35.2 Å². The van der Waals surface area contributed by atoms with E-state index < -0.39 is 0 Å². The molecule has 0 spiro atoms. The van der Waals surface area contributed by atoms with Gasteiger partial charge in [0.25, 0.3) is 0 Å². The summed E-state index contributed by atoms with van der Waals surface area (Å²) in [5, 5.41) is 0. The minimum Gasteiger partial charge on any atom is -0.496 e. The van der Waals surface area contributed by atoms with Crippen LogP contribution in [0, 0.1) is 0 Å². The van der Waals surface area contributed by atoms with E-state index in [0.717, 1.165) is 39.4 Å². The molecule has 1 aliphatic heterocycles. The summed E-state index contributed by atoms with van der Waals surface area (Å²) >= 11 is 0. The lowest BCUT2D eigenvalue weighted by molar-refractivity contribution is -0.136. The summed E-state index contributed by atoms with van der Waals surface area (Å²) in [7, 11) is 3.12. The van der Waals surface area contributed by atoms with Crippen LogP contribution in [-0.2, 0) is 16.1 Å². The van der Waals surface area contributed by atoms with E-state index >= 15 is 0 Å². The van der Waals surface area contributed by atoms with Crippen LogP contribution in [0.1, 0.15) is 24.5 Å². The fourth-order valence-corrected chi connectivity index (χ4v) is 4.24. The molecule has 1 heterocycles. The summed E-state index contributed by atoms with van der Waals surface area (Å²) in [6.07, 6.45) is 2.55. The number of hydrogen-bond donors (Lipinski definition) is 0. The molecule has 3 aromatic carbocycles. The second-order valence-corrected chi connectivity index (χ2v) is 7.85. The molecule has 0 saturated carbocycles. The molecule has 0 fully saturated rings. The Balaban J connectivity index is 1.78. The van der Waals surface area contributed by atoms with Gasteiger partial charge in [0.05, 0.1) is 20.8 Å². The second kappa shape index (κ2) is 10.3. The molecular formula is C28H29NO4. The number of fused-ring (bicyclic) bond motifs is 1. The molecule has 0 bridgehead atoms. The van der Waals surface area contributed by atoms with Crippen molar-refractivity contribution in [3.8, 4) is 22.6 Å². The smallest absolute Gasteiger partial charge is 0.333 e. The third-order valence-corrected chi connectivity index (χ3v) is 5.85. The zero-order valence-electron chi connectivity index (χ0n) is 19.3. The molecule has 0 amide bonds. The van der Waals surface area contributed by atoms with Crippen LogP contribution in [0.4, 0.5) is 5.69 Å². The fourth-order valence-electron chi connectivity index (χ4n) is 4.24. The molecule has 33 heavy (non-hydrogen) atoms. The quantitative estimate of drug-likeness (QED) is 0.437. The highest BCUT2D eigenvalue weighted by molar-refractivity contribution is 5.96. The second-order valence-electron chi connectivity index (χ2n) is 7.85. The highest BCUT2D eigenvalue weighted by Gasteiger charge is 2.22. The van der Waals surface area contributed by atoms with Crippen LogP contribution in [0.2, 0.25) is 0 Å². The number of para-hydroxylation sites is 2. The number of benzene rings is 3.